The van der Waals surface area contributed by atoms with E-state index < -0.39 is 10.0 Å². The average molecular weight is 377 g/mol. The third-order valence-electron chi connectivity index (χ3n) is 3.22. The van der Waals surface area contributed by atoms with E-state index in [9.17, 15) is 13.2 Å². The zero-order chi connectivity index (χ0) is 15.5. The lowest BCUT2D eigenvalue weighted by Crippen LogP contribution is -2.42. The monoisotopic (exact) mass is 376 g/mol. The number of carbonyl (C=O) groups is 1. The smallest absolute Gasteiger partial charge is 0.255 e. The first-order valence-corrected chi connectivity index (χ1v) is 8.81. The van der Waals surface area contributed by atoms with Gasteiger partial charge >= 0.3 is 0 Å². The first kappa shape index (κ1) is 16.4. The number of halogens is 1. The lowest BCUT2D eigenvalue weighted by Gasteiger charge is -2.31. The van der Waals surface area contributed by atoms with Crippen LogP contribution >= 0.6 is 15.9 Å². The van der Waals surface area contributed by atoms with E-state index in [1.165, 1.54) is 19.2 Å². The Hall–Kier alpha value is -0.960. The summed E-state index contributed by atoms with van der Waals surface area (Å²) in [4.78, 5) is 14.0. The van der Waals surface area contributed by atoms with Gasteiger partial charge in [-0.05, 0) is 40.5 Å². The minimum atomic E-state index is -3.64. The highest BCUT2D eigenvalue weighted by molar-refractivity contribution is 9.10. The van der Waals surface area contributed by atoms with Crippen molar-refractivity contribution in [1.82, 2.24) is 9.62 Å². The van der Waals surface area contributed by atoms with Gasteiger partial charge in [0.15, 0.2) is 0 Å². The van der Waals surface area contributed by atoms with Gasteiger partial charge in [-0.3, -0.25) is 4.79 Å². The van der Waals surface area contributed by atoms with Crippen molar-refractivity contribution in [3.8, 4) is 0 Å². The van der Waals surface area contributed by atoms with Gasteiger partial charge in [-0.2, -0.15) is 0 Å². The van der Waals surface area contributed by atoms with Crippen LogP contribution in [0.2, 0.25) is 0 Å². The number of nitrogens with zero attached hydrogens (tertiary/aromatic N) is 1. The van der Waals surface area contributed by atoms with Gasteiger partial charge in [0.05, 0.1) is 17.1 Å². The number of rotatable bonds is 6. The first-order valence-electron chi connectivity index (χ1n) is 6.53. The molecular formula is C13H17BrN2O4S. The molecule has 1 saturated heterocycles. The summed E-state index contributed by atoms with van der Waals surface area (Å²) in [7, 11) is -2.14. The summed E-state index contributed by atoms with van der Waals surface area (Å²) >= 11 is 3.30. The van der Waals surface area contributed by atoms with E-state index in [-0.39, 0.29) is 24.0 Å². The van der Waals surface area contributed by atoms with Crippen LogP contribution in [0.3, 0.4) is 0 Å². The molecule has 1 aromatic rings. The molecule has 0 aromatic heterocycles. The Kier molecular flexibility index (Phi) is 5.37. The maximum atomic E-state index is 12.2. The maximum absolute atomic E-state index is 12.2. The van der Waals surface area contributed by atoms with Gasteiger partial charge in [0.25, 0.3) is 5.91 Å². The SMILES string of the molecule is COCCNS(=O)(=O)c1ccc(Br)c(C(=O)N2CCC2)c1. The minimum absolute atomic E-state index is 0.0747. The molecule has 6 nitrogen and oxygen atoms in total. The van der Waals surface area contributed by atoms with Crippen molar-refractivity contribution in [3.05, 3.63) is 28.2 Å². The van der Waals surface area contributed by atoms with Crippen LogP contribution in [0.4, 0.5) is 0 Å². The van der Waals surface area contributed by atoms with Crippen LogP contribution in [0, 0.1) is 0 Å². The normalized spacial score (nSPS) is 14.9. The predicted octanol–water partition coefficient (Wildman–Crippen LogP) is 1.22. The van der Waals surface area contributed by atoms with Crippen LogP contribution in [0.15, 0.2) is 27.6 Å². The third kappa shape index (κ3) is 3.82. The van der Waals surface area contributed by atoms with Crippen LogP contribution in [-0.4, -0.2) is 52.6 Å². The van der Waals surface area contributed by atoms with Gasteiger partial charge in [-0.25, -0.2) is 13.1 Å². The Morgan fingerprint density at radius 1 is 1.43 bits per heavy atom. The van der Waals surface area contributed by atoms with Gasteiger partial charge in [0.1, 0.15) is 0 Å². The molecule has 0 saturated carbocycles. The molecule has 0 aliphatic carbocycles. The fourth-order valence-corrected chi connectivity index (χ4v) is 3.34. The molecule has 1 amide bonds. The van der Waals surface area contributed by atoms with E-state index in [1.807, 2.05) is 0 Å². The van der Waals surface area contributed by atoms with Gasteiger partial charge in [-0.15, -0.1) is 0 Å². The Labute approximate surface area is 132 Å². The fourth-order valence-electron chi connectivity index (χ4n) is 1.89. The number of methoxy groups -OCH3 is 1. The van der Waals surface area contributed by atoms with Crippen molar-refractivity contribution in [3.63, 3.8) is 0 Å². The summed E-state index contributed by atoms with van der Waals surface area (Å²) in [5.41, 5.74) is 0.365. The second kappa shape index (κ2) is 6.87. The Balaban J connectivity index is 2.23. The van der Waals surface area contributed by atoms with Crippen molar-refractivity contribution in [2.24, 2.45) is 0 Å². The van der Waals surface area contributed by atoms with Crippen molar-refractivity contribution in [1.29, 1.82) is 0 Å². The van der Waals surface area contributed by atoms with Crippen LogP contribution in [-0.2, 0) is 14.8 Å². The summed E-state index contributed by atoms with van der Waals surface area (Å²) in [6.45, 7) is 1.91. The molecule has 0 unspecified atom stereocenters. The summed E-state index contributed by atoms with van der Waals surface area (Å²) in [6.07, 6.45) is 0.986. The largest absolute Gasteiger partial charge is 0.383 e. The summed E-state index contributed by atoms with van der Waals surface area (Å²) in [6, 6.07) is 4.45. The molecular weight excluding hydrogens is 360 g/mol. The van der Waals surface area contributed by atoms with E-state index in [2.05, 4.69) is 20.7 Å². The highest BCUT2D eigenvalue weighted by Gasteiger charge is 2.25. The van der Waals surface area contributed by atoms with Gasteiger partial charge in [-0.1, -0.05) is 0 Å². The molecule has 1 aliphatic rings. The second-order valence-electron chi connectivity index (χ2n) is 4.68. The van der Waals surface area contributed by atoms with E-state index in [4.69, 9.17) is 4.74 Å². The number of amides is 1. The maximum Gasteiger partial charge on any atom is 0.255 e. The molecule has 21 heavy (non-hydrogen) atoms. The second-order valence-corrected chi connectivity index (χ2v) is 7.30. The number of nitrogens with one attached hydrogen (secondary N) is 1. The topological polar surface area (TPSA) is 75.7 Å². The van der Waals surface area contributed by atoms with E-state index >= 15 is 0 Å². The molecule has 116 valence electrons. The average Bonchev–Trinajstić information content (AvgIpc) is 2.37. The molecule has 0 radical (unpaired) electrons. The molecule has 1 fully saturated rings. The van der Waals surface area contributed by atoms with Gasteiger partial charge in [0, 0.05) is 31.2 Å². The molecule has 1 heterocycles. The zero-order valence-corrected chi connectivity index (χ0v) is 14.0. The molecule has 1 N–H and O–H groups in total. The molecule has 0 spiro atoms. The first-order chi connectivity index (χ1) is 9.95. The summed E-state index contributed by atoms with van der Waals surface area (Å²) in [5, 5.41) is 0. The van der Waals surface area contributed by atoms with Crippen molar-refractivity contribution >= 4 is 31.9 Å². The number of hydrogen-bond acceptors (Lipinski definition) is 4. The third-order valence-corrected chi connectivity index (χ3v) is 5.37. The molecule has 0 atom stereocenters. The summed E-state index contributed by atoms with van der Waals surface area (Å²) in [5.74, 6) is -0.151. The van der Waals surface area contributed by atoms with E-state index in [1.54, 1.807) is 11.0 Å². The minimum Gasteiger partial charge on any atom is -0.383 e. The number of ether oxygens (including phenoxy) is 1. The Morgan fingerprint density at radius 3 is 2.71 bits per heavy atom. The number of likely N-dealkylation sites (tertiary alicyclic amines) is 1. The highest BCUT2D eigenvalue weighted by Crippen LogP contribution is 2.24. The van der Waals surface area contributed by atoms with Crippen LogP contribution < -0.4 is 4.72 Å². The van der Waals surface area contributed by atoms with E-state index in [0.29, 0.717) is 23.1 Å². The molecule has 8 heteroatoms. The number of benzene rings is 1. The molecule has 2 rings (SSSR count). The standard InChI is InChI=1S/C13H17BrN2O4S/c1-20-8-5-15-21(18,19)10-3-4-12(14)11(9-10)13(17)16-6-2-7-16/h3-4,9,15H,2,5-8H2,1H3. The fraction of sp³-hybridized carbons (Fsp3) is 0.462. The predicted molar refractivity (Wildman–Crippen MR) is 81.7 cm³/mol. The molecule has 1 aliphatic heterocycles. The van der Waals surface area contributed by atoms with E-state index in [0.717, 1.165) is 6.42 Å². The van der Waals surface area contributed by atoms with Gasteiger partial charge < -0.3 is 9.64 Å². The lowest BCUT2D eigenvalue weighted by molar-refractivity contribution is 0.0650. The van der Waals surface area contributed by atoms with Gasteiger partial charge in [0.2, 0.25) is 10.0 Å². The Bertz CT molecular complexity index is 629. The van der Waals surface area contributed by atoms with Crippen molar-refractivity contribution in [2.75, 3.05) is 33.4 Å². The zero-order valence-electron chi connectivity index (χ0n) is 11.6. The number of sulfonamides is 1. The molecule has 0 bridgehead atoms. The summed E-state index contributed by atoms with van der Waals surface area (Å²) < 4.78 is 32.1. The van der Waals surface area contributed by atoms with Crippen LogP contribution in [0.25, 0.3) is 0 Å². The lowest BCUT2D eigenvalue weighted by atomic mass is 10.1. The quantitative estimate of drug-likeness (QED) is 0.757. The Morgan fingerprint density at radius 2 is 2.14 bits per heavy atom. The molecule has 1 aromatic carbocycles. The van der Waals surface area contributed by atoms with Crippen LogP contribution in [0.1, 0.15) is 16.8 Å². The highest BCUT2D eigenvalue weighted by atomic mass is 79.9. The number of hydrogen-bond donors (Lipinski definition) is 1. The van der Waals surface area contributed by atoms with Crippen LogP contribution in [0.5, 0.6) is 0 Å². The number of carbonyl (C=O) groups excluding carboxylic acids is 1. The van der Waals surface area contributed by atoms with Crippen molar-refractivity contribution in [2.45, 2.75) is 11.3 Å². The van der Waals surface area contributed by atoms with Crippen molar-refractivity contribution < 1.29 is 17.9 Å².